The molecule has 2 fully saturated rings. The minimum atomic E-state index is -0.148. The molecule has 0 bridgehead atoms. The van der Waals surface area contributed by atoms with E-state index in [9.17, 15) is 4.79 Å². The zero-order valence-corrected chi connectivity index (χ0v) is 17.9. The highest BCUT2D eigenvalue weighted by Gasteiger charge is 2.53. The van der Waals surface area contributed by atoms with Crippen molar-refractivity contribution in [2.24, 2.45) is 0 Å². The fourth-order valence-electron chi connectivity index (χ4n) is 4.12. The molecule has 7 heteroatoms. The normalized spacial score (nSPS) is 17.6. The highest BCUT2D eigenvalue weighted by molar-refractivity contribution is 7.26. The number of nitrogens with zero attached hydrogens (tertiary/aromatic N) is 5. The lowest BCUT2D eigenvalue weighted by Crippen LogP contribution is -2.57. The van der Waals surface area contributed by atoms with Crippen molar-refractivity contribution in [2.75, 3.05) is 24.5 Å². The third-order valence-electron chi connectivity index (χ3n) is 5.73. The minimum Gasteiger partial charge on any atom is -0.352 e. The van der Waals surface area contributed by atoms with Gasteiger partial charge in [-0.3, -0.25) is 4.79 Å². The van der Waals surface area contributed by atoms with E-state index in [4.69, 9.17) is 10.2 Å². The first-order valence-corrected chi connectivity index (χ1v) is 10.4. The lowest BCUT2D eigenvalue weighted by molar-refractivity contribution is 0.0624. The number of aryl methyl sites for hydroxylation is 1. The molecule has 1 aromatic heterocycles. The number of allylic oxidation sites excluding steroid dienone is 1. The quantitative estimate of drug-likeness (QED) is 0.734. The van der Waals surface area contributed by atoms with Crippen molar-refractivity contribution in [1.82, 2.24) is 14.9 Å². The van der Waals surface area contributed by atoms with Gasteiger partial charge in [-0.05, 0) is 44.9 Å². The monoisotopic (exact) mass is 405 g/mol. The number of carbonyl (C=O) groups is 1. The minimum absolute atomic E-state index is 0.0125. The Labute approximate surface area is 173 Å². The molecule has 0 radical (unpaired) electrons. The van der Waals surface area contributed by atoms with E-state index in [-0.39, 0.29) is 11.4 Å². The van der Waals surface area contributed by atoms with Gasteiger partial charge in [0.1, 0.15) is 11.4 Å². The number of aromatic nitrogens is 2. The first kappa shape index (κ1) is 19.5. The van der Waals surface area contributed by atoms with Crippen molar-refractivity contribution in [1.29, 1.82) is 5.26 Å². The van der Waals surface area contributed by atoms with Crippen LogP contribution in [0.3, 0.4) is 0 Å². The molecule has 1 atom stereocenters. The molecular formula is C22H24N5OP. The highest BCUT2D eigenvalue weighted by Crippen LogP contribution is 2.46. The van der Waals surface area contributed by atoms with E-state index in [1.54, 1.807) is 24.3 Å². The summed E-state index contributed by atoms with van der Waals surface area (Å²) in [5.74, 6) is 0.948. The van der Waals surface area contributed by atoms with Crippen LogP contribution in [-0.4, -0.2) is 45.9 Å². The zero-order valence-electron chi connectivity index (χ0n) is 16.7. The maximum absolute atomic E-state index is 13.2. The number of piperazine rings is 1. The summed E-state index contributed by atoms with van der Waals surface area (Å²) in [7, 11) is 2.59. The molecular weight excluding hydrogens is 381 g/mol. The van der Waals surface area contributed by atoms with E-state index in [0.717, 1.165) is 43.0 Å². The van der Waals surface area contributed by atoms with Crippen LogP contribution < -0.4 is 10.5 Å². The molecule has 1 aliphatic carbocycles. The summed E-state index contributed by atoms with van der Waals surface area (Å²) in [5, 5.41) is 9.14. The molecule has 148 valence electrons. The summed E-state index contributed by atoms with van der Waals surface area (Å²) in [6.07, 6.45) is 6.04. The topological polar surface area (TPSA) is 73.1 Å². The zero-order chi connectivity index (χ0) is 20.6. The van der Waals surface area contributed by atoms with Gasteiger partial charge >= 0.3 is 0 Å². The Balaban J connectivity index is 1.62. The number of amides is 1. The van der Waals surface area contributed by atoms with Crippen LogP contribution >= 0.6 is 9.24 Å². The average molecular weight is 405 g/mol. The SMILES string of the molecule is C/C=C\c1c(C)nc(P)nc1N1CCN(C(=O)c2cccc(C#N)c2)C2(CC2)C1. The maximum Gasteiger partial charge on any atom is 0.254 e. The van der Waals surface area contributed by atoms with Crippen LogP contribution in [0.25, 0.3) is 6.08 Å². The van der Waals surface area contributed by atoms with E-state index in [0.29, 0.717) is 23.2 Å². The summed E-state index contributed by atoms with van der Waals surface area (Å²) in [6, 6.07) is 9.09. The smallest absolute Gasteiger partial charge is 0.254 e. The average Bonchev–Trinajstić information content (AvgIpc) is 3.48. The summed E-state index contributed by atoms with van der Waals surface area (Å²) in [4.78, 5) is 26.7. The Bertz CT molecular complexity index is 1040. The van der Waals surface area contributed by atoms with E-state index in [1.807, 2.05) is 24.8 Å². The number of nitriles is 1. The van der Waals surface area contributed by atoms with Gasteiger partial charge in [0.25, 0.3) is 5.91 Å². The first-order chi connectivity index (χ1) is 14.0. The predicted octanol–water partition coefficient (Wildman–Crippen LogP) is 2.69. The van der Waals surface area contributed by atoms with Gasteiger partial charge in [-0.1, -0.05) is 27.5 Å². The van der Waals surface area contributed by atoms with Crippen molar-refractivity contribution in [3.8, 4) is 6.07 Å². The standard InChI is InChI=1S/C22H24N5OP/c1-3-5-18-15(2)24-21(29)25-19(18)26-10-11-27(22(14-26)8-9-22)20(28)17-7-4-6-16(12-17)13-23/h3-7,12H,8-11,14,29H2,1-2H3/b5-3-. The molecule has 2 aromatic rings. The Morgan fingerprint density at radius 3 is 2.79 bits per heavy atom. The van der Waals surface area contributed by atoms with Gasteiger partial charge in [-0.2, -0.15) is 5.26 Å². The number of anilines is 1. The van der Waals surface area contributed by atoms with Crippen molar-refractivity contribution in [2.45, 2.75) is 32.2 Å². The number of hydrogen-bond donors (Lipinski definition) is 0. The van der Waals surface area contributed by atoms with Gasteiger partial charge in [0.15, 0.2) is 0 Å². The molecule has 29 heavy (non-hydrogen) atoms. The third kappa shape index (κ3) is 3.63. The second kappa shape index (κ2) is 7.57. The molecule has 6 nitrogen and oxygen atoms in total. The fourth-order valence-corrected chi connectivity index (χ4v) is 4.43. The number of hydrogen-bond acceptors (Lipinski definition) is 5. The Morgan fingerprint density at radius 1 is 1.31 bits per heavy atom. The van der Waals surface area contributed by atoms with Gasteiger partial charge in [0.2, 0.25) is 0 Å². The van der Waals surface area contributed by atoms with Crippen LogP contribution in [0.5, 0.6) is 0 Å². The molecule has 0 N–H and O–H groups in total. The predicted molar refractivity (Wildman–Crippen MR) is 117 cm³/mol. The van der Waals surface area contributed by atoms with Crippen molar-refractivity contribution in [3.63, 3.8) is 0 Å². The maximum atomic E-state index is 13.2. The highest BCUT2D eigenvalue weighted by atomic mass is 31.0. The molecule has 1 aliphatic heterocycles. The van der Waals surface area contributed by atoms with Gasteiger partial charge in [0, 0.05) is 30.8 Å². The molecule has 1 aromatic carbocycles. The molecule has 1 unspecified atom stereocenters. The van der Waals surface area contributed by atoms with Crippen molar-refractivity contribution >= 4 is 32.6 Å². The molecule has 1 amide bonds. The van der Waals surface area contributed by atoms with Crippen molar-refractivity contribution in [3.05, 3.63) is 52.7 Å². The number of benzene rings is 1. The summed E-state index contributed by atoms with van der Waals surface area (Å²) < 4.78 is 0. The molecule has 2 aliphatic rings. The van der Waals surface area contributed by atoms with E-state index in [1.165, 1.54) is 0 Å². The van der Waals surface area contributed by atoms with E-state index < -0.39 is 0 Å². The molecule has 2 heterocycles. The second-order valence-electron chi connectivity index (χ2n) is 7.70. The number of carbonyl (C=O) groups excluding carboxylic acids is 1. The van der Waals surface area contributed by atoms with Gasteiger partial charge in [0.05, 0.1) is 22.9 Å². The molecule has 4 rings (SSSR count). The Morgan fingerprint density at radius 2 is 2.10 bits per heavy atom. The largest absolute Gasteiger partial charge is 0.352 e. The molecule has 1 spiro atoms. The summed E-state index contributed by atoms with van der Waals surface area (Å²) in [5.41, 5.74) is 3.63. The summed E-state index contributed by atoms with van der Waals surface area (Å²) in [6.45, 7) is 6.12. The van der Waals surface area contributed by atoms with E-state index in [2.05, 4.69) is 31.3 Å². The molecule has 1 saturated carbocycles. The van der Waals surface area contributed by atoms with Gasteiger partial charge < -0.3 is 9.80 Å². The first-order valence-electron chi connectivity index (χ1n) is 9.81. The fraction of sp³-hybridized carbons (Fsp3) is 0.364. The van der Waals surface area contributed by atoms with Gasteiger partial charge in [-0.15, -0.1) is 0 Å². The van der Waals surface area contributed by atoms with Crippen LogP contribution in [-0.2, 0) is 0 Å². The van der Waals surface area contributed by atoms with Crippen LogP contribution in [0, 0.1) is 18.3 Å². The molecule has 1 saturated heterocycles. The third-order valence-corrected chi connectivity index (χ3v) is 5.99. The van der Waals surface area contributed by atoms with E-state index >= 15 is 0 Å². The lowest BCUT2D eigenvalue weighted by atomic mass is 10.0. The second-order valence-corrected chi connectivity index (χ2v) is 8.22. The van der Waals surface area contributed by atoms with Crippen LogP contribution in [0.4, 0.5) is 5.82 Å². The Hall–Kier alpha value is -2.77. The summed E-state index contributed by atoms with van der Waals surface area (Å²) >= 11 is 0. The number of rotatable bonds is 3. The van der Waals surface area contributed by atoms with Gasteiger partial charge in [-0.25, -0.2) is 9.97 Å². The van der Waals surface area contributed by atoms with Crippen molar-refractivity contribution < 1.29 is 4.79 Å². The lowest BCUT2D eigenvalue weighted by Gasteiger charge is -2.43. The Kier molecular flexibility index (Phi) is 5.10. The van der Waals surface area contributed by atoms with Crippen LogP contribution in [0.15, 0.2) is 30.3 Å². The van der Waals surface area contributed by atoms with Crippen LogP contribution in [0.2, 0.25) is 0 Å². The van der Waals surface area contributed by atoms with Crippen LogP contribution in [0.1, 0.15) is 46.9 Å².